The summed E-state index contributed by atoms with van der Waals surface area (Å²) in [5.74, 6) is -0.156. The predicted molar refractivity (Wildman–Crippen MR) is 68.7 cm³/mol. The van der Waals surface area contributed by atoms with Crippen molar-refractivity contribution in [3.05, 3.63) is 38.8 Å². The molecule has 0 aliphatic carbocycles. The number of halogens is 1. The van der Waals surface area contributed by atoms with Crippen LogP contribution in [-0.2, 0) is 6.42 Å². The van der Waals surface area contributed by atoms with Crippen molar-refractivity contribution < 1.29 is 4.79 Å². The molecule has 17 heavy (non-hydrogen) atoms. The zero-order chi connectivity index (χ0) is 12.3. The van der Waals surface area contributed by atoms with Gasteiger partial charge in [-0.25, -0.2) is 0 Å². The van der Waals surface area contributed by atoms with E-state index in [0.717, 1.165) is 21.3 Å². The number of aromatic nitrogens is 2. The second-order valence-electron chi connectivity index (χ2n) is 3.65. The summed E-state index contributed by atoms with van der Waals surface area (Å²) in [7, 11) is 0. The zero-order valence-corrected chi connectivity index (χ0v) is 10.9. The molecule has 90 valence electrons. The molecule has 2 rings (SSSR count). The molecule has 0 saturated heterocycles. The summed E-state index contributed by atoms with van der Waals surface area (Å²) in [5.41, 5.74) is 1.30. The number of carbonyl (C=O) groups excluding carboxylic acids is 1. The molecule has 0 radical (unpaired) electrons. The summed E-state index contributed by atoms with van der Waals surface area (Å²) in [5, 5.41) is 9.44. The third-order valence-electron chi connectivity index (χ3n) is 2.22. The Balaban J connectivity index is 1.81. The Labute approximate surface area is 108 Å². The minimum Gasteiger partial charge on any atom is -0.350 e. The van der Waals surface area contributed by atoms with E-state index in [1.807, 2.05) is 19.1 Å². The molecule has 0 atom stereocenters. The van der Waals surface area contributed by atoms with Crippen molar-refractivity contribution >= 4 is 28.8 Å². The molecular formula is C11H12ClN3OS. The maximum absolute atomic E-state index is 11.6. The van der Waals surface area contributed by atoms with Crippen LogP contribution in [0.4, 0.5) is 0 Å². The first-order valence-corrected chi connectivity index (χ1v) is 6.39. The van der Waals surface area contributed by atoms with E-state index in [9.17, 15) is 4.79 Å². The number of hydrogen-bond donors (Lipinski definition) is 2. The Bertz CT molecular complexity index is 520. The first-order valence-electron chi connectivity index (χ1n) is 5.19. The molecule has 0 fully saturated rings. The lowest BCUT2D eigenvalue weighted by Crippen LogP contribution is -2.25. The van der Waals surface area contributed by atoms with E-state index in [0.29, 0.717) is 12.2 Å². The number of aromatic amines is 1. The lowest BCUT2D eigenvalue weighted by molar-refractivity contribution is 0.0949. The van der Waals surface area contributed by atoms with Crippen LogP contribution in [0.25, 0.3) is 0 Å². The fourth-order valence-electron chi connectivity index (χ4n) is 1.41. The van der Waals surface area contributed by atoms with Gasteiger partial charge in [0.05, 0.1) is 4.34 Å². The number of nitrogens with zero attached hydrogens (tertiary/aromatic N) is 1. The minimum atomic E-state index is -0.156. The lowest BCUT2D eigenvalue weighted by atomic mass is 10.3. The molecule has 0 aromatic carbocycles. The fraction of sp³-hybridized carbons (Fsp3) is 0.273. The molecule has 2 heterocycles. The molecule has 2 aromatic heterocycles. The molecule has 2 N–H and O–H groups in total. The van der Waals surface area contributed by atoms with Crippen molar-refractivity contribution in [3.8, 4) is 0 Å². The molecule has 0 aliphatic heterocycles. The summed E-state index contributed by atoms with van der Waals surface area (Å²) in [4.78, 5) is 12.8. The molecule has 0 saturated carbocycles. The van der Waals surface area contributed by atoms with Gasteiger partial charge in [-0.1, -0.05) is 11.6 Å². The van der Waals surface area contributed by atoms with Crippen molar-refractivity contribution in [1.82, 2.24) is 15.5 Å². The zero-order valence-electron chi connectivity index (χ0n) is 9.29. The first-order chi connectivity index (χ1) is 8.15. The van der Waals surface area contributed by atoms with Crippen LogP contribution in [0.3, 0.4) is 0 Å². The van der Waals surface area contributed by atoms with Gasteiger partial charge in [-0.15, -0.1) is 11.3 Å². The largest absolute Gasteiger partial charge is 0.350 e. The van der Waals surface area contributed by atoms with Gasteiger partial charge >= 0.3 is 0 Å². The monoisotopic (exact) mass is 269 g/mol. The summed E-state index contributed by atoms with van der Waals surface area (Å²) in [6.45, 7) is 2.44. The maximum Gasteiger partial charge on any atom is 0.271 e. The second kappa shape index (κ2) is 5.33. The van der Waals surface area contributed by atoms with Crippen LogP contribution < -0.4 is 5.32 Å². The van der Waals surface area contributed by atoms with Crippen molar-refractivity contribution in [1.29, 1.82) is 0 Å². The van der Waals surface area contributed by atoms with Gasteiger partial charge < -0.3 is 5.32 Å². The van der Waals surface area contributed by atoms with E-state index >= 15 is 0 Å². The lowest BCUT2D eigenvalue weighted by Gasteiger charge is -2.00. The fourth-order valence-corrected chi connectivity index (χ4v) is 2.50. The van der Waals surface area contributed by atoms with E-state index < -0.39 is 0 Å². The molecular weight excluding hydrogens is 258 g/mol. The van der Waals surface area contributed by atoms with Gasteiger partial charge in [0.15, 0.2) is 0 Å². The van der Waals surface area contributed by atoms with Crippen LogP contribution in [0.15, 0.2) is 18.2 Å². The maximum atomic E-state index is 11.6. The van der Waals surface area contributed by atoms with E-state index in [-0.39, 0.29) is 5.91 Å². The summed E-state index contributed by atoms with van der Waals surface area (Å²) in [6, 6.07) is 5.55. The van der Waals surface area contributed by atoms with Crippen LogP contribution in [-0.4, -0.2) is 22.6 Å². The third kappa shape index (κ3) is 3.31. The highest BCUT2D eigenvalue weighted by Gasteiger charge is 2.08. The van der Waals surface area contributed by atoms with Gasteiger partial charge in [0.25, 0.3) is 5.91 Å². The van der Waals surface area contributed by atoms with Crippen molar-refractivity contribution in [2.45, 2.75) is 13.3 Å². The van der Waals surface area contributed by atoms with Crippen LogP contribution in [0.2, 0.25) is 4.34 Å². The van der Waals surface area contributed by atoms with Crippen molar-refractivity contribution in [2.24, 2.45) is 0 Å². The predicted octanol–water partition coefficient (Wildman–Crippen LogP) is 2.41. The number of nitrogens with one attached hydrogen (secondary N) is 2. The average Bonchev–Trinajstić information content (AvgIpc) is 2.88. The SMILES string of the molecule is Cc1cc(C(=O)NCCc2ccc(Cl)s2)n[nH]1. The van der Waals surface area contributed by atoms with Crippen LogP contribution in [0.5, 0.6) is 0 Å². The van der Waals surface area contributed by atoms with E-state index in [2.05, 4.69) is 15.5 Å². The Hall–Kier alpha value is -1.33. The number of carbonyl (C=O) groups is 1. The first kappa shape index (κ1) is 12.1. The molecule has 0 aliphatic rings. The van der Waals surface area contributed by atoms with Gasteiger partial charge in [0.1, 0.15) is 5.69 Å². The Morgan fingerprint density at radius 2 is 2.41 bits per heavy atom. The second-order valence-corrected chi connectivity index (χ2v) is 5.45. The van der Waals surface area contributed by atoms with E-state index in [1.54, 1.807) is 6.07 Å². The van der Waals surface area contributed by atoms with Crippen LogP contribution in [0, 0.1) is 6.92 Å². The summed E-state index contributed by atoms with van der Waals surface area (Å²) >= 11 is 7.35. The van der Waals surface area contributed by atoms with Gasteiger partial charge in [0, 0.05) is 17.1 Å². The van der Waals surface area contributed by atoms with Gasteiger partial charge in [-0.2, -0.15) is 5.10 Å². The topological polar surface area (TPSA) is 57.8 Å². The number of thiophene rings is 1. The summed E-state index contributed by atoms with van der Waals surface area (Å²) < 4.78 is 0.772. The third-order valence-corrected chi connectivity index (χ3v) is 3.52. The number of aryl methyl sites for hydroxylation is 1. The quantitative estimate of drug-likeness (QED) is 0.895. The van der Waals surface area contributed by atoms with Crippen LogP contribution >= 0.6 is 22.9 Å². The molecule has 0 unspecified atom stereocenters. The molecule has 2 aromatic rings. The van der Waals surface area contributed by atoms with Gasteiger partial charge in [-0.3, -0.25) is 9.89 Å². The number of amides is 1. The number of hydrogen-bond acceptors (Lipinski definition) is 3. The van der Waals surface area contributed by atoms with Gasteiger partial charge in [-0.05, 0) is 31.5 Å². The van der Waals surface area contributed by atoms with E-state index in [1.165, 1.54) is 11.3 Å². The highest BCUT2D eigenvalue weighted by Crippen LogP contribution is 2.21. The van der Waals surface area contributed by atoms with Crippen LogP contribution in [0.1, 0.15) is 21.1 Å². The molecule has 1 amide bonds. The molecule has 0 bridgehead atoms. The van der Waals surface area contributed by atoms with Crippen molar-refractivity contribution in [3.63, 3.8) is 0 Å². The smallest absolute Gasteiger partial charge is 0.271 e. The molecule has 6 heteroatoms. The average molecular weight is 270 g/mol. The van der Waals surface area contributed by atoms with E-state index in [4.69, 9.17) is 11.6 Å². The van der Waals surface area contributed by atoms with Gasteiger partial charge in [0.2, 0.25) is 0 Å². The molecule has 4 nitrogen and oxygen atoms in total. The summed E-state index contributed by atoms with van der Waals surface area (Å²) in [6.07, 6.45) is 0.784. The Kier molecular flexibility index (Phi) is 3.81. The number of H-pyrrole nitrogens is 1. The normalized spacial score (nSPS) is 10.5. The molecule has 0 spiro atoms. The minimum absolute atomic E-state index is 0.156. The Morgan fingerprint density at radius 3 is 3.00 bits per heavy atom. The Morgan fingerprint density at radius 1 is 1.59 bits per heavy atom. The highest BCUT2D eigenvalue weighted by atomic mass is 35.5. The van der Waals surface area contributed by atoms with Crippen molar-refractivity contribution in [2.75, 3.05) is 6.54 Å². The standard InChI is InChI=1S/C11H12ClN3OS/c1-7-6-9(15-14-7)11(16)13-5-4-8-2-3-10(12)17-8/h2-3,6H,4-5H2,1H3,(H,13,16)(H,14,15). The highest BCUT2D eigenvalue weighted by molar-refractivity contribution is 7.16. The number of rotatable bonds is 4.